The first kappa shape index (κ1) is 13.7. The highest BCUT2D eigenvalue weighted by atomic mass is 35.5. The summed E-state index contributed by atoms with van der Waals surface area (Å²) in [6, 6.07) is 1.79. The minimum atomic E-state index is -3.64. The molecule has 0 saturated carbocycles. The number of hydrogen-bond donors (Lipinski definition) is 0. The molecule has 1 amide bonds. The molecule has 9 heteroatoms. The van der Waals surface area contributed by atoms with Gasteiger partial charge in [0, 0.05) is 5.39 Å². The van der Waals surface area contributed by atoms with Crippen molar-refractivity contribution in [1.29, 1.82) is 0 Å². The number of thiophene rings is 1. The Balaban J connectivity index is 1.97. The SMILES string of the molecule is CC1(C)C(=O)N(Cc2nc(Cl)c3ccsc3n2)S1(=O)=O. The molecule has 3 rings (SSSR count). The lowest BCUT2D eigenvalue weighted by atomic mass is 10.2. The maximum Gasteiger partial charge on any atom is 0.259 e. The maximum absolute atomic E-state index is 12.0. The van der Waals surface area contributed by atoms with Gasteiger partial charge in [-0.2, -0.15) is 0 Å². The topological polar surface area (TPSA) is 80.2 Å². The largest absolute Gasteiger partial charge is 0.272 e. The van der Waals surface area contributed by atoms with E-state index in [1.165, 1.54) is 25.2 Å². The molecule has 3 heterocycles. The molecule has 1 aliphatic heterocycles. The first-order valence-corrected chi connectivity index (χ1v) is 8.41. The fourth-order valence-electron chi connectivity index (χ4n) is 1.97. The molecule has 6 nitrogen and oxygen atoms in total. The summed E-state index contributed by atoms with van der Waals surface area (Å²) in [5.41, 5.74) is 0. The average Bonchev–Trinajstić information content (AvgIpc) is 2.83. The number of aromatic nitrogens is 2. The summed E-state index contributed by atoms with van der Waals surface area (Å²) in [6.07, 6.45) is 0. The molecule has 1 aliphatic rings. The van der Waals surface area contributed by atoms with Crippen LogP contribution >= 0.6 is 22.9 Å². The second-order valence-electron chi connectivity index (χ2n) is 4.90. The zero-order valence-corrected chi connectivity index (χ0v) is 13.0. The van der Waals surface area contributed by atoms with E-state index in [0.29, 0.717) is 4.83 Å². The van der Waals surface area contributed by atoms with Crippen LogP contribution in [0, 0.1) is 0 Å². The van der Waals surface area contributed by atoms with Gasteiger partial charge in [-0.15, -0.1) is 11.3 Å². The van der Waals surface area contributed by atoms with Crippen LogP contribution in [0.2, 0.25) is 5.15 Å². The van der Waals surface area contributed by atoms with Gasteiger partial charge in [0.2, 0.25) is 0 Å². The number of fused-ring (bicyclic) bond motifs is 1. The number of nitrogens with zero attached hydrogens (tertiary/aromatic N) is 3. The van der Waals surface area contributed by atoms with Crippen molar-refractivity contribution in [2.75, 3.05) is 0 Å². The van der Waals surface area contributed by atoms with Gasteiger partial charge in [-0.1, -0.05) is 11.6 Å². The van der Waals surface area contributed by atoms with E-state index < -0.39 is 20.7 Å². The van der Waals surface area contributed by atoms with E-state index in [9.17, 15) is 13.2 Å². The normalized spacial score (nSPS) is 20.1. The van der Waals surface area contributed by atoms with E-state index in [2.05, 4.69) is 9.97 Å². The molecular formula is C11H10ClN3O3S2. The fraction of sp³-hybridized carbons (Fsp3) is 0.364. The fourth-order valence-corrected chi connectivity index (χ4v) is 4.54. The molecule has 1 saturated heterocycles. The Labute approximate surface area is 124 Å². The van der Waals surface area contributed by atoms with Crippen LogP contribution in [0.5, 0.6) is 0 Å². The molecule has 0 radical (unpaired) electrons. The van der Waals surface area contributed by atoms with Gasteiger partial charge in [-0.3, -0.25) is 4.79 Å². The average molecular weight is 332 g/mol. The van der Waals surface area contributed by atoms with Crippen molar-refractivity contribution in [3.63, 3.8) is 0 Å². The van der Waals surface area contributed by atoms with Crippen LogP contribution in [0.1, 0.15) is 19.7 Å². The maximum atomic E-state index is 12.0. The molecule has 20 heavy (non-hydrogen) atoms. The number of rotatable bonds is 2. The minimum Gasteiger partial charge on any atom is -0.272 e. The summed E-state index contributed by atoms with van der Waals surface area (Å²) < 4.78 is 23.4. The Kier molecular flexibility index (Phi) is 2.83. The first-order valence-electron chi connectivity index (χ1n) is 5.71. The Morgan fingerprint density at radius 2 is 2.10 bits per heavy atom. The van der Waals surface area contributed by atoms with Crippen molar-refractivity contribution >= 4 is 49.1 Å². The highest BCUT2D eigenvalue weighted by Gasteiger charge is 2.60. The highest BCUT2D eigenvalue weighted by molar-refractivity contribution is 7.94. The summed E-state index contributed by atoms with van der Waals surface area (Å²) in [4.78, 5) is 20.8. The van der Waals surface area contributed by atoms with Crippen molar-refractivity contribution in [3.05, 3.63) is 22.4 Å². The Morgan fingerprint density at radius 3 is 2.75 bits per heavy atom. The lowest BCUT2D eigenvalue weighted by molar-refractivity contribution is -0.132. The zero-order chi connectivity index (χ0) is 14.7. The molecule has 0 atom stereocenters. The lowest BCUT2D eigenvalue weighted by Gasteiger charge is -2.42. The molecule has 0 spiro atoms. The lowest BCUT2D eigenvalue weighted by Crippen LogP contribution is -2.66. The standard InChI is InChI=1S/C11H10ClN3O3S2/c1-11(2)10(16)15(20(11,17)18)5-7-13-8(12)6-3-4-19-9(6)14-7/h3-4H,5H2,1-2H3. The summed E-state index contributed by atoms with van der Waals surface area (Å²) in [5.74, 6) is -0.235. The highest BCUT2D eigenvalue weighted by Crippen LogP contribution is 2.36. The minimum absolute atomic E-state index is 0.182. The number of amides is 1. The summed E-state index contributed by atoms with van der Waals surface area (Å²) in [5, 5.41) is 2.80. The number of carbonyl (C=O) groups excluding carboxylic acids is 1. The van der Waals surface area contributed by atoms with Crippen LogP contribution in [0.3, 0.4) is 0 Å². The third kappa shape index (κ3) is 1.68. The molecule has 0 aromatic carbocycles. The molecule has 2 aromatic heterocycles. The van der Waals surface area contributed by atoms with Gasteiger partial charge in [-0.05, 0) is 25.3 Å². The Hall–Kier alpha value is -1.25. The summed E-state index contributed by atoms with van der Waals surface area (Å²) >= 11 is 7.39. The Morgan fingerprint density at radius 1 is 1.40 bits per heavy atom. The molecule has 0 aliphatic carbocycles. The molecule has 2 aromatic rings. The van der Waals surface area contributed by atoms with E-state index in [1.807, 2.05) is 5.38 Å². The van der Waals surface area contributed by atoms with Gasteiger partial charge in [0.1, 0.15) is 9.98 Å². The van der Waals surface area contributed by atoms with E-state index in [4.69, 9.17) is 11.6 Å². The second kappa shape index (κ2) is 4.12. The molecule has 0 N–H and O–H groups in total. The number of halogens is 1. The summed E-state index contributed by atoms with van der Waals surface area (Å²) in [7, 11) is -3.64. The number of carbonyl (C=O) groups is 1. The van der Waals surface area contributed by atoms with E-state index in [1.54, 1.807) is 6.07 Å². The van der Waals surface area contributed by atoms with Gasteiger partial charge in [-0.25, -0.2) is 22.7 Å². The summed E-state index contributed by atoms with van der Waals surface area (Å²) in [6.45, 7) is 2.59. The predicted octanol–water partition coefficient (Wildman–Crippen LogP) is 1.80. The van der Waals surface area contributed by atoms with Crippen LogP contribution in [0.15, 0.2) is 11.4 Å². The van der Waals surface area contributed by atoms with Crippen LogP contribution < -0.4 is 0 Å². The van der Waals surface area contributed by atoms with E-state index >= 15 is 0 Å². The van der Waals surface area contributed by atoms with Gasteiger partial charge in [0.05, 0.1) is 6.54 Å². The molecular weight excluding hydrogens is 322 g/mol. The third-order valence-electron chi connectivity index (χ3n) is 3.29. The molecule has 0 bridgehead atoms. The smallest absolute Gasteiger partial charge is 0.259 e. The zero-order valence-electron chi connectivity index (χ0n) is 10.6. The van der Waals surface area contributed by atoms with Gasteiger partial charge < -0.3 is 0 Å². The van der Waals surface area contributed by atoms with Gasteiger partial charge in [0.15, 0.2) is 10.6 Å². The van der Waals surface area contributed by atoms with Crippen molar-refractivity contribution in [2.24, 2.45) is 0 Å². The molecule has 1 fully saturated rings. The predicted molar refractivity (Wildman–Crippen MR) is 76.0 cm³/mol. The first-order chi connectivity index (χ1) is 9.25. The second-order valence-corrected chi connectivity index (χ2v) is 8.56. The monoisotopic (exact) mass is 331 g/mol. The third-order valence-corrected chi connectivity index (χ3v) is 6.72. The van der Waals surface area contributed by atoms with Crippen LogP contribution in [-0.4, -0.2) is 33.3 Å². The molecule has 106 valence electrons. The van der Waals surface area contributed by atoms with Crippen molar-refractivity contribution < 1.29 is 13.2 Å². The van der Waals surface area contributed by atoms with Gasteiger partial charge >= 0.3 is 0 Å². The quantitative estimate of drug-likeness (QED) is 0.784. The van der Waals surface area contributed by atoms with E-state index in [0.717, 1.165) is 9.69 Å². The van der Waals surface area contributed by atoms with Crippen LogP contribution in [-0.2, 0) is 21.4 Å². The van der Waals surface area contributed by atoms with Crippen LogP contribution in [0.4, 0.5) is 0 Å². The van der Waals surface area contributed by atoms with Crippen molar-refractivity contribution in [3.8, 4) is 0 Å². The van der Waals surface area contributed by atoms with Crippen molar-refractivity contribution in [1.82, 2.24) is 14.3 Å². The van der Waals surface area contributed by atoms with E-state index in [-0.39, 0.29) is 17.5 Å². The van der Waals surface area contributed by atoms with Crippen molar-refractivity contribution in [2.45, 2.75) is 25.1 Å². The Bertz CT molecular complexity index is 829. The number of hydrogen-bond acceptors (Lipinski definition) is 6. The van der Waals surface area contributed by atoms with Crippen LogP contribution in [0.25, 0.3) is 10.2 Å². The van der Waals surface area contributed by atoms with Gasteiger partial charge in [0.25, 0.3) is 15.9 Å². The molecule has 0 unspecified atom stereocenters. The number of sulfonamides is 1.